The summed E-state index contributed by atoms with van der Waals surface area (Å²) in [7, 11) is 0. The molecule has 0 aliphatic heterocycles. The molecule has 0 atom stereocenters. The summed E-state index contributed by atoms with van der Waals surface area (Å²) in [4.78, 5) is 16.6. The molecule has 0 saturated carbocycles. The number of nitrogens with one attached hydrogen (secondary N) is 1. The van der Waals surface area contributed by atoms with Gasteiger partial charge in [0.05, 0.1) is 5.56 Å². The highest BCUT2D eigenvalue weighted by Crippen LogP contribution is 2.24. The lowest BCUT2D eigenvalue weighted by Crippen LogP contribution is -2.24. The van der Waals surface area contributed by atoms with Gasteiger partial charge in [0.25, 0.3) is 5.91 Å². The number of carbonyl (C=O) groups excluding carboxylic acids is 1. The van der Waals surface area contributed by atoms with Gasteiger partial charge in [-0.1, -0.05) is 40.6 Å². The molecule has 0 fully saturated rings. The Hall–Kier alpha value is -2.80. The van der Waals surface area contributed by atoms with Crippen molar-refractivity contribution < 1.29 is 13.6 Å². The van der Waals surface area contributed by atoms with Crippen LogP contribution in [0, 0.1) is 11.6 Å². The number of halogens is 3. The van der Waals surface area contributed by atoms with Crippen LogP contribution in [-0.4, -0.2) is 11.7 Å². The summed E-state index contributed by atoms with van der Waals surface area (Å²) in [6.45, 7) is 5.77. The van der Waals surface area contributed by atoms with Gasteiger partial charge >= 0.3 is 0 Å². The third-order valence-electron chi connectivity index (χ3n) is 4.45. The van der Waals surface area contributed by atoms with Crippen molar-refractivity contribution in [3.63, 3.8) is 0 Å². The molecule has 0 aromatic heterocycles. The molecule has 1 amide bonds. The molecule has 0 unspecified atom stereocenters. The van der Waals surface area contributed by atoms with Gasteiger partial charge in [0.1, 0.15) is 17.5 Å². The van der Waals surface area contributed by atoms with Crippen molar-refractivity contribution in [2.45, 2.75) is 33.7 Å². The topological polar surface area (TPSA) is 67.5 Å². The average Bonchev–Trinajstić information content (AvgIpc) is 2.69. The molecule has 0 saturated heterocycles. The number of nitrogens with zero attached hydrogens (tertiary/aromatic N) is 1. The zero-order valence-electron chi connectivity index (χ0n) is 17.1. The van der Waals surface area contributed by atoms with Gasteiger partial charge in [-0.15, -0.1) is 0 Å². The minimum Gasteiger partial charge on any atom is -0.383 e. The lowest BCUT2D eigenvalue weighted by molar-refractivity contribution is 0.0947. The highest BCUT2D eigenvalue weighted by atomic mass is 79.9. The van der Waals surface area contributed by atoms with Gasteiger partial charge in [0, 0.05) is 22.8 Å². The molecule has 158 valence electrons. The van der Waals surface area contributed by atoms with Crippen molar-refractivity contribution >= 4 is 33.2 Å². The van der Waals surface area contributed by atoms with Crippen LogP contribution >= 0.6 is 15.9 Å². The van der Waals surface area contributed by atoms with Gasteiger partial charge in [-0.2, -0.15) is 0 Å². The quantitative estimate of drug-likeness (QED) is 0.396. The summed E-state index contributed by atoms with van der Waals surface area (Å²) in [6.07, 6.45) is 4.03. The summed E-state index contributed by atoms with van der Waals surface area (Å²) < 4.78 is 28.8. The first-order valence-corrected chi connectivity index (χ1v) is 10.2. The predicted molar refractivity (Wildman–Crippen MR) is 121 cm³/mol. The molecule has 0 spiro atoms. The van der Waals surface area contributed by atoms with E-state index in [2.05, 4.69) is 26.2 Å². The molecule has 2 rings (SSSR count). The third-order valence-corrected chi connectivity index (χ3v) is 4.91. The molecule has 7 heteroatoms. The zero-order chi connectivity index (χ0) is 22.3. The monoisotopic (exact) mass is 475 g/mol. The Morgan fingerprint density at radius 1 is 1.23 bits per heavy atom. The van der Waals surface area contributed by atoms with E-state index >= 15 is 0 Å². The molecule has 0 aliphatic rings. The minimum atomic E-state index is -0.675. The summed E-state index contributed by atoms with van der Waals surface area (Å²) in [5.41, 5.74) is 8.70. The lowest BCUT2D eigenvalue weighted by Gasteiger charge is -2.13. The predicted octanol–water partition coefficient (Wildman–Crippen LogP) is 5.73. The molecule has 0 bridgehead atoms. The molecule has 3 N–H and O–H groups in total. The maximum absolute atomic E-state index is 14.8. The fourth-order valence-corrected chi connectivity index (χ4v) is 3.37. The van der Waals surface area contributed by atoms with E-state index in [1.807, 2.05) is 20.8 Å². The Balaban J connectivity index is 2.27. The van der Waals surface area contributed by atoms with Crippen molar-refractivity contribution in [3.05, 3.63) is 87.0 Å². The zero-order valence-corrected chi connectivity index (χ0v) is 18.7. The molecular formula is C23H24BrF2N3O. The number of hydrogen-bond acceptors (Lipinski definition) is 2. The summed E-state index contributed by atoms with van der Waals surface area (Å²) in [5.74, 6) is -1.41. The van der Waals surface area contributed by atoms with Gasteiger partial charge in [0.2, 0.25) is 0 Å². The summed E-state index contributed by atoms with van der Waals surface area (Å²) >= 11 is 3.20. The van der Waals surface area contributed by atoms with Gasteiger partial charge in [0.15, 0.2) is 0 Å². The van der Waals surface area contributed by atoms with E-state index in [4.69, 9.17) is 5.73 Å². The van der Waals surface area contributed by atoms with Crippen LogP contribution in [0.2, 0.25) is 0 Å². The Morgan fingerprint density at radius 2 is 1.97 bits per heavy atom. The highest BCUT2D eigenvalue weighted by Gasteiger charge is 2.16. The number of carbonyl (C=O) groups is 1. The first-order valence-electron chi connectivity index (χ1n) is 9.44. The number of aliphatic imine (C=N–C) groups is 1. The largest absolute Gasteiger partial charge is 0.383 e. The number of nitrogens with two attached hydrogens (primary N) is 1. The van der Waals surface area contributed by atoms with E-state index in [0.717, 1.165) is 5.57 Å². The Morgan fingerprint density at radius 3 is 2.57 bits per heavy atom. The van der Waals surface area contributed by atoms with Crippen molar-refractivity contribution in [1.29, 1.82) is 0 Å². The van der Waals surface area contributed by atoms with Gasteiger partial charge in [-0.3, -0.25) is 4.79 Å². The number of hydrogen-bond donors (Lipinski definition) is 2. The molecule has 4 nitrogen and oxygen atoms in total. The number of amides is 1. The molecule has 0 heterocycles. The number of amidine groups is 1. The minimum absolute atomic E-state index is 0.0689. The molecule has 2 aromatic rings. The Bertz CT molecular complexity index is 1010. The van der Waals surface area contributed by atoms with E-state index < -0.39 is 17.5 Å². The second-order valence-corrected chi connectivity index (χ2v) is 7.58. The third kappa shape index (κ3) is 6.10. The van der Waals surface area contributed by atoms with Crippen molar-refractivity contribution in [2.75, 3.05) is 0 Å². The van der Waals surface area contributed by atoms with Crippen LogP contribution < -0.4 is 11.1 Å². The van der Waals surface area contributed by atoms with Crippen LogP contribution in [0.15, 0.2) is 63.7 Å². The maximum Gasteiger partial charge on any atom is 0.254 e. The summed E-state index contributed by atoms with van der Waals surface area (Å²) in [6, 6.07) is 8.64. The van der Waals surface area contributed by atoms with Gasteiger partial charge < -0.3 is 11.1 Å². The normalized spacial score (nSPS) is 12.8. The summed E-state index contributed by atoms with van der Waals surface area (Å²) in [5, 5.41) is 2.61. The molecule has 0 radical (unpaired) electrons. The van der Waals surface area contributed by atoms with E-state index in [1.54, 1.807) is 24.4 Å². The lowest BCUT2D eigenvalue weighted by atomic mass is 9.96. The van der Waals surface area contributed by atoms with Crippen LogP contribution in [0.4, 0.5) is 8.78 Å². The molecule has 0 aliphatic carbocycles. The maximum atomic E-state index is 14.8. The second-order valence-electron chi connectivity index (χ2n) is 6.66. The van der Waals surface area contributed by atoms with Gasteiger partial charge in [-0.05, 0) is 61.7 Å². The Kier molecular flexibility index (Phi) is 8.47. The molecule has 30 heavy (non-hydrogen) atoms. The van der Waals surface area contributed by atoms with E-state index in [0.29, 0.717) is 27.6 Å². The van der Waals surface area contributed by atoms with E-state index in [-0.39, 0.29) is 17.9 Å². The first-order chi connectivity index (χ1) is 14.3. The molecular weight excluding hydrogens is 452 g/mol. The highest BCUT2D eigenvalue weighted by molar-refractivity contribution is 9.10. The number of benzene rings is 2. The van der Waals surface area contributed by atoms with E-state index in [9.17, 15) is 13.6 Å². The number of rotatable bonds is 7. The Labute approximate surface area is 183 Å². The fourth-order valence-electron chi connectivity index (χ4n) is 2.85. The standard InChI is InChI=1S/C23H24BrF2N3O/c1-4-8-28-22(27)21(14(3)5-2)16-6-7-19(20(26)11-16)23(30)29-13-15-9-17(24)12-18(25)10-15/h4,6-12H,5,13H2,1-3H3,(H2,27,28)(H,29,30)/b8-4-,21-14+. The van der Waals surface area contributed by atoms with Crippen LogP contribution in [0.3, 0.4) is 0 Å². The fraction of sp³-hybridized carbons (Fsp3) is 0.217. The second kappa shape index (κ2) is 10.8. The smallest absolute Gasteiger partial charge is 0.254 e. The van der Waals surface area contributed by atoms with Crippen LogP contribution in [0.25, 0.3) is 5.57 Å². The van der Waals surface area contributed by atoms with E-state index in [1.165, 1.54) is 24.3 Å². The van der Waals surface area contributed by atoms with Crippen molar-refractivity contribution in [3.8, 4) is 0 Å². The van der Waals surface area contributed by atoms with Gasteiger partial charge in [-0.25, -0.2) is 13.8 Å². The SMILES string of the molecule is C\C=C/N=C(N)\C(=C(/C)CC)c1ccc(C(=O)NCc2cc(F)cc(Br)c2)c(F)c1. The van der Waals surface area contributed by atoms with Crippen LogP contribution in [-0.2, 0) is 6.54 Å². The average molecular weight is 476 g/mol. The molecule has 2 aromatic carbocycles. The number of allylic oxidation sites excluding steroid dienone is 2. The van der Waals surface area contributed by atoms with Crippen LogP contribution in [0.5, 0.6) is 0 Å². The van der Waals surface area contributed by atoms with Crippen LogP contribution in [0.1, 0.15) is 48.7 Å². The van der Waals surface area contributed by atoms with Crippen molar-refractivity contribution in [1.82, 2.24) is 5.32 Å². The van der Waals surface area contributed by atoms with Crippen molar-refractivity contribution in [2.24, 2.45) is 10.7 Å². The first kappa shape index (κ1) is 23.5.